The molecule has 1 amide bonds. The molecule has 1 rings (SSSR count). The Morgan fingerprint density at radius 2 is 2.56 bits per heavy atom. The molecule has 0 saturated carbocycles. The van der Waals surface area contributed by atoms with E-state index in [1.54, 1.807) is 0 Å². The van der Waals surface area contributed by atoms with Gasteiger partial charge in [0.2, 0.25) is 0 Å². The molecule has 0 unspecified atom stereocenters. The van der Waals surface area contributed by atoms with Crippen LogP contribution in [0.5, 0.6) is 0 Å². The minimum atomic E-state index is -0.463. The Hall–Kier alpha value is -1.06. The van der Waals surface area contributed by atoms with Crippen LogP contribution in [0.2, 0.25) is 0 Å². The van der Waals surface area contributed by atoms with Gasteiger partial charge >= 0.3 is 0 Å². The number of amidine groups is 1. The van der Waals surface area contributed by atoms with E-state index in [-0.39, 0.29) is 0 Å². The van der Waals surface area contributed by atoms with E-state index < -0.39 is 5.91 Å². The van der Waals surface area contributed by atoms with Crippen molar-refractivity contribution in [2.24, 2.45) is 10.7 Å². The monoisotopic (exact) mass is 127 g/mol. The van der Waals surface area contributed by atoms with Crippen LogP contribution in [0.1, 0.15) is 6.42 Å². The summed E-state index contributed by atoms with van der Waals surface area (Å²) >= 11 is 0. The summed E-state index contributed by atoms with van der Waals surface area (Å²) in [4.78, 5) is 14.2. The summed E-state index contributed by atoms with van der Waals surface area (Å²) in [5.41, 5.74) is 4.93. The van der Waals surface area contributed by atoms with Gasteiger partial charge in [0.25, 0.3) is 5.91 Å². The number of hydrogen-bond acceptors (Lipinski definition) is 3. The molecule has 0 spiro atoms. The molecule has 3 N–H and O–H groups in total. The summed E-state index contributed by atoms with van der Waals surface area (Å²) in [6.45, 7) is 1.52. The van der Waals surface area contributed by atoms with Crippen molar-refractivity contribution < 1.29 is 4.79 Å². The van der Waals surface area contributed by atoms with E-state index >= 15 is 0 Å². The van der Waals surface area contributed by atoms with Crippen LogP contribution in [0.25, 0.3) is 0 Å². The lowest BCUT2D eigenvalue weighted by atomic mass is 10.3. The van der Waals surface area contributed by atoms with Gasteiger partial charge in [-0.05, 0) is 6.42 Å². The summed E-state index contributed by atoms with van der Waals surface area (Å²) in [5, 5.41) is 2.79. The van der Waals surface area contributed by atoms with Crippen molar-refractivity contribution in [1.82, 2.24) is 5.32 Å². The average Bonchev–Trinajstić information content (AvgIpc) is 1.90. The van der Waals surface area contributed by atoms with Crippen molar-refractivity contribution in [1.29, 1.82) is 0 Å². The first-order valence-electron chi connectivity index (χ1n) is 2.89. The fourth-order valence-corrected chi connectivity index (χ4v) is 0.698. The van der Waals surface area contributed by atoms with Gasteiger partial charge in [-0.1, -0.05) is 0 Å². The topological polar surface area (TPSA) is 67.5 Å². The average molecular weight is 127 g/mol. The van der Waals surface area contributed by atoms with Crippen molar-refractivity contribution in [2.75, 3.05) is 13.1 Å². The summed E-state index contributed by atoms with van der Waals surface area (Å²) in [6.07, 6.45) is 0.983. The molecule has 9 heavy (non-hydrogen) atoms. The number of nitrogens with one attached hydrogen (secondary N) is 1. The number of aliphatic imine (C=N–C) groups is 1. The normalized spacial score (nSPS) is 18.0. The number of carbonyl (C=O) groups is 1. The van der Waals surface area contributed by atoms with Crippen molar-refractivity contribution in [3.8, 4) is 0 Å². The molecule has 0 aliphatic carbocycles. The molecule has 4 nitrogen and oxygen atoms in total. The van der Waals surface area contributed by atoms with Gasteiger partial charge < -0.3 is 11.1 Å². The predicted molar refractivity (Wildman–Crippen MR) is 34.1 cm³/mol. The lowest BCUT2D eigenvalue weighted by Gasteiger charge is -2.10. The van der Waals surface area contributed by atoms with Gasteiger partial charge in [-0.15, -0.1) is 0 Å². The number of primary amides is 1. The molecule has 0 aromatic carbocycles. The van der Waals surface area contributed by atoms with Gasteiger partial charge in [0.05, 0.1) is 0 Å². The third-order valence-corrected chi connectivity index (χ3v) is 1.13. The number of hydrogen-bond donors (Lipinski definition) is 2. The van der Waals surface area contributed by atoms with Gasteiger partial charge in [-0.2, -0.15) is 0 Å². The third kappa shape index (κ3) is 1.42. The number of nitrogens with two attached hydrogens (primary N) is 1. The van der Waals surface area contributed by atoms with E-state index in [2.05, 4.69) is 10.3 Å². The molecule has 0 bridgehead atoms. The SMILES string of the molecule is NC(=O)C1=NCCCN1. The van der Waals surface area contributed by atoms with Crippen molar-refractivity contribution in [2.45, 2.75) is 6.42 Å². The number of amides is 1. The van der Waals surface area contributed by atoms with Crippen LogP contribution in [0.4, 0.5) is 0 Å². The van der Waals surface area contributed by atoms with Crippen LogP contribution in [-0.4, -0.2) is 24.8 Å². The molecule has 1 aliphatic rings. The highest BCUT2D eigenvalue weighted by Crippen LogP contribution is 1.87. The van der Waals surface area contributed by atoms with Crippen molar-refractivity contribution in [3.63, 3.8) is 0 Å². The Labute approximate surface area is 53.1 Å². The molecule has 50 valence electrons. The maximum absolute atomic E-state index is 10.4. The maximum Gasteiger partial charge on any atom is 0.283 e. The van der Waals surface area contributed by atoms with E-state index in [9.17, 15) is 4.79 Å². The molecule has 1 heterocycles. The van der Waals surface area contributed by atoms with Crippen molar-refractivity contribution >= 4 is 11.7 Å². The molecule has 0 aromatic heterocycles. The molecule has 4 heteroatoms. The minimum Gasteiger partial charge on any atom is -0.366 e. The first-order chi connectivity index (χ1) is 4.30. The zero-order valence-corrected chi connectivity index (χ0v) is 5.05. The second-order valence-electron chi connectivity index (χ2n) is 1.87. The fraction of sp³-hybridized carbons (Fsp3) is 0.600. The van der Waals surface area contributed by atoms with Gasteiger partial charge in [0, 0.05) is 13.1 Å². The zero-order chi connectivity index (χ0) is 6.69. The van der Waals surface area contributed by atoms with E-state index in [0.29, 0.717) is 12.4 Å². The van der Waals surface area contributed by atoms with Crippen LogP contribution in [-0.2, 0) is 4.79 Å². The maximum atomic E-state index is 10.4. The number of nitrogens with zero attached hydrogens (tertiary/aromatic N) is 1. The molecular weight excluding hydrogens is 118 g/mol. The summed E-state index contributed by atoms with van der Waals surface area (Å²) in [7, 11) is 0. The van der Waals surface area contributed by atoms with E-state index in [1.807, 2.05) is 0 Å². The highest BCUT2D eigenvalue weighted by Gasteiger charge is 2.07. The molecular formula is C5H9N3O. The second kappa shape index (κ2) is 2.48. The highest BCUT2D eigenvalue weighted by molar-refractivity contribution is 6.37. The number of carbonyl (C=O) groups excluding carboxylic acids is 1. The van der Waals surface area contributed by atoms with E-state index in [4.69, 9.17) is 5.73 Å². The van der Waals surface area contributed by atoms with Gasteiger partial charge in [-0.3, -0.25) is 9.79 Å². The first-order valence-corrected chi connectivity index (χ1v) is 2.89. The van der Waals surface area contributed by atoms with Gasteiger partial charge in [0.15, 0.2) is 5.84 Å². The standard InChI is InChI=1S/C5H9N3O/c6-4(9)5-7-2-1-3-8-5/h1-3H2,(H2,6,9)(H,7,8). The van der Waals surface area contributed by atoms with E-state index in [0.717, 1.165) is 13.0 Å². The van der Waals surface area contributed by atoms with Crippen LogP contribution < -0.4 is 11.1 Å². The Morgan fingerprint density at radius 3 is 2.89 bits per heavy atom. The molecule has 1 aliphatic heterocycles. The van der Waals surface area contributed by atoms with Crippen molar-refractivity contribution in [3.05, 3.63) is 0 Å². The summed E-state index contributed by atoms with van der Waals surface area (Å²) in [5.74, 6) is -0.143. The fourth-order valence-electron chi connectivity index (χ4n) is 0.698. The van der Waals surface area contributed by atoms with Crippen LogP contribution in [0.3, 0.4) is 0 Å². The Bertz CT molecular complexity index is 152. The molecule has 0 atom stereocenters. The second-order valence-corrected chi connectivity index (χ2v) is 1.87. The van der Waals surface area contributed by atoms with Gasteiger partial charge in [-0.25, -0.2) is 0 Å². The number of rotatable bonds is 1. The minimum absolute atomic E-state index is 0.321. The van der Waals surface area contributed by atoms with Crippen LogP contribution in [0.15, 0.2) is 4.99 Å². The smallest absolute Gasteiger partial charge is 0.283 e. The predicted octanol–water partition coefficient (Wildman–Crippen LogP) is -1.14. The molecule has 0 aromatic rings. The highest BCUT2D eigenvalue weighted by atomic mass is 16.1. The zero-order valence-electron chi connectivity index (χ0n) is 5.05. The molecule has 0 saturated heterocycles. The Balaban J connectivity index is 2.57. The van der Waals surface area contributed by atoms with Crippen LogP contribution in [0, 0.1) is 0 Å². The molecule has 0 fully saturated rings. The summed E-state index contributed by atoms with van der Waals surface area (Å²) in [6, 6.07) is 0. The quantitative estimate of drug-likeness (QED) is 0.467. The van der Waals surface area contributed by atoms with E-state index in [1.165, 1.54) is 0 Å². The Morgan fingerprint density at radius 1 is 1.78 bits per heavy atom. The van der Waals surface area contributed by atoms with Crippen LogP contribution >= 0.6 is 0 Å². The largest absolute Gasteiger partial charge is 0.366 e. The lowest BCUT2D eigenvalue weighted by Crippen LogP contribution is -2.39. The lowest BCUT2D eigenvalue weighted by molar-refractivity contribution is -0.112. The third-order valence-electron chi connectivity index (χ3n) is 1.13. The van der Waals surface area contributed by atoms with Gasteiger partial charge in [0.1, 0.15) is 0 Å². The first kappa shape index (κ1) is 6.07. The summed E-state index contributed by atoms with van der Waals surface area (Å²) < 4.78 is 0. The molecule has 0 radical (unpaired) electrons. The Kier molecular flexibility index (Phi) is 1.67.